The number of nitrogens with one attached hydrogen (secondary N) is 1. The molecule has 0 aliphatic carbocycles. The largest absolute Gasteiger partial charge is 0.496 e. The molecule has 1 atom stereocenters. The molecule has 2 aromatic rings. The number of thioether (sulfide) groups is 1. The summed E-state index contributed by atoms with van der Waals surface area (Å²) in [5, 5.41) is 3.66. The predicted molar refractivity (Wildman–Crippen MR) is 102 cm³/mol. The molecule has 2 aromatic carbocycles. The Labute approximate surface area is 152 Å². The molecule has 0 aromatic heterocycles. The first-order valence-corrected chi connectivity index (χ1v) is 9.29. The second-order valence-corrected chi connectivity index (χ2v) is 7.01. The molecule has 3 nitrogen and oxygen atoms in total. The Morgan fingerprint density at radius 2 is 2.04 bits per heavy atom. The normalized spacial score (nSPS) is 11.8. The molecule has 0 fully saturated rings. The minimum absolute atomic E-state index is 0.000889. The molecular formula is C19H22ClNO2S. The molecule has 128 valence electrons. The van der Waals surface area contributed by atoms with Gasteiger partial charge in [-0.3, -0.25) is 4.79 Å². The van der Waals surface area contributed by atoms with Crippen molar-refractivity contribution in [1.82, 2.24) is 5.32 Å². The number of benzene rings is 2. The number of carbonyl (C=O) groups is 1. The van der Waals surface area contributed by atoms with Crippen molar-refractivity contribution >= 4 is 29.3 Å². The van der Waals surface area contributed by atoms with E-state index in [9.17, 15) is 4.79 Å². The molecule has 0 saturated carbocycles. The summed E-state index contributed by atoms with van der Waals surface area (Å²) >= 11 is 7.73. The van der Waals surface area contributed by atoms with Crippen LogP contribution in [-0.4, -0.2) is 18.8 Å². The van der Waals surface area contributed by atoms with E-state index < -0.39 is 0 Å². The molecule has 0 bridgehead atoms. The second-order valence-electron chi connectivity index (χ2n) is 5.62. The van der Waals surface area contributed by atoms with Gasteiger partial charge in [-0.25, -0.2) is 0 Å². The number of hydrogen-bond donors (Lipinski definition) is 1. The highest BCUT2D eigenvalue weighted by Gasteiger charge is 2.12. The van der Waals surface area contributed by atoms with Gasteiger partial charge in [-0.15, -0.1) is 11.8 Å². The highest BCUT2D eigenvalue weighted by molar-refractivity contribution is 7.99. The Morgan fingerprint density at radius 1 is 1.29 bits per heavy atom. The molecule has 2 rings (SSSR count). The standard InChI is InChI=1S/C19H22ClNO2S/c1-13-8-9-18(23-3)15(10-13)11-24-12-19(22)21-14(2)16-6-4-5-7-17(16)20/h4-10,14H,11-12H2,1-3H3,(H,21,22)/t14-/m0/s1. The van der Waals surface area contributed by atoms with Gasteiger partial charge >= 0.3 is 0 Å². The molecule has 0 aliphatic heterocycles. The maximum absolute atomic E-state index is 12.1. The van der Waals surface area contributed by atoms with E-state index in [1.165, 1.54) is 5.56 Å². The summed E-state index contributed by atoms with van der Waals surface area (Å²) in [6, 6.07) is 13.5. The van der Waals surface area contributed by atoms with Gasteiger partial charge in [0.15, 0.2) is 0 Å². The number of halogens is 1. The maximum Gasteiger partial charge on any atom is 0.230 e. The first-order chi connectivity index (χ1) is 11.5. The van der Waals surface area contributed by atoms with Crippen molar-refractivity contribution in [3.8, 4) is 5.75 Å². The van der Waals surface area contributed by atoms with Crippen LogP contribution in [0.25, 0.3) is 0 Å². The lowest BCUT2D eigenvalue weighted by molar-refractivity contribution is -0.119. The van der Waals surface area contributed by atoms with E-state index in [2.05, 4.69) is 11.4 Å². The zero-order valence-electron chi connectivity index (χ0n) is 14.1. The minimum atomic E-state index is -0.111. The van der Waals surface area contributed by atoms with Gasteiger partial charge in [-0.1, -0.05) is 47.5 Å². The van der Waals surface area contributed by atoms with Crippen molar-refractivity contribution in [2.24, 2.45) is 0 Å². The Kier molecular flexibility index (Phi) is 7.00. The van der Waals surface area contributed by atoms with E-state index >= 15 is 0 Å². The number of amides is 1. The van der Waals surface area contributed by atoms with Crippen molar-refractivity contribution in [3.05, 3.63) is 64.2 Å². The number of methoxy groups -OCH3 is 1. The fourth-order valence-electron chi connectivity index (χ4n) is 2.46. The molecule has 0 saturated heterocycles. The van der Waals surface area contributed by atoms with Crippen molar-refractivity contribution in [3.63, 3.8) is 0 Å². The van der Waals surface area contributed by atoms with E-state index in [4.69, 9.17) is 16.3 Å². The SMILES string of the molecule is COc1ccc(C)cc1CSCC(=O)N[C@@H](C)c1ccccc1Cl. The molecule has 1 N–H and O–H groups in total. The number of rotatable bonds is 7. The molecule has 0 unspecified atom stereocenters. The summed E-state index contributed by atoms with van der Waals surface area (Å²) in [6.45, 7) is 3.99. The van der Waals surface area contributed by atoms with E-state index in [1.54, 1.807) is 18.9 Å². The smallest absolute Gasteiger partial charge is 0.230 e. The lowest BCUT2D eigenvalue weighted by Gasteiger charge is -2.15. The number of carbonyl (C=O) groups excluding carboxylic acids is 1. The zero-order chi connectivity index (χ0) is 17.5. The van der Waals surface area contributed by atoms with E-state index in [1.807, 2.05) is 50.2 Å². The summed E-state index contributed by atoms with van der Waals surface area (Å²) in [7, 11) is 1.66. The van der Waals surface area contributed by atoms with Gasteiger partial charge in [0.25, 0.3) is 0 Å². The first kappa shape index (κ1) is 18.7. The third kappa shape index (κ3) is 5.18. The summed E-state index contributed by atoms with van der Waals surface area (Å²) < 4.78 is 5.36. The van der Waals surface area contributed by atoms with Gasteiger partial charge < -0.3 is 10.1 Å². The number of ether oxygens (including phenoxy) is 1. The summed E-state index contributed by atoms with van der Waals surface area (Å²) in [5.74, 6) is 1.99. The van der Waals surface area contributed by atoms with Crippen LogP contribution < -0.4 is 10.1 Å². The predicted octanol–water partition coefficient (Wildman–Crippen LogP) is 4.77. The van der Waals surface area contributed by atoms with Crippen LogP contribution >= 0.6 is 23.4 Å². The van der Waals surface area contributed by atoms with Crippen molar-refractivity contribution in [2.75, 3.05) is 12.9 Å². The monoisotopic (exact) mass is 363 g/mol. The second kappa shape index (κ2) is 9.00. The van der Waals surface area contributed by atoms with Crippen molar-refractivity contribution < 1.29 is 9.53 Å². The Bertz CT molecular complexity index is 706. The van der Waals surface area contributed by atoms with Crippen LogP contribution in [0.3, 0.4) is 0 Å². The van der Waals surface area contributed by atoms with Crippen molar-refractivity contribution in [2.45, 2.75) is 25.6 Å². The molecule has 0 heterocycles. The lowest BCUT2D eigenvalue weighted by atomic mass is 10.1. The highest BCUT2D eigenvalue weighted by Crippen LogP contribution is 2.25. The van der Waals surface area contributed by atoms with Crippen LogP contribution in [0.1, 0.15) is 29.7 Å². The van der Waals surface area contributed by atoms with Crippen LogP contribution in [0.4, 0.5) is 0 Å². The van der Waals surface area contributed by atoms with Crippen LogP contribution in [-0.2, 0) is 10.5 Å². The van der Waals surface area contributed by atoms with Gasteiger partial charge in [0, 0.05) is 16.3 Å². The quantitative estimate of drug-likeness (QED) is 0.770. The van der Waals surface area contributed by atoms with Gasteiger partial charge in [0.05, 0.1) is 18.9 Å². The topological polar surface area (TPSA) is 38.3 Å². The summed E-state index contributed by atoms with van der Waals surface area (Å²) in [5.41, 5.74) is 3.22. The van der Waals surface area contributed by atoms with E-state index in [0.29, 0.717) is 10.8 Å². The van der Waals surface area contributed by atoms with E-state index in [-0.39, 0.29) is 11.9 Å². The van der Waals surface area contributed by atoms with Crippen molar-refractivity contribution in [1.29, 1.82) is 0 Å². The Hall–Kier alpha value is -1.65. The lowest BCUT2D eigenvalue weighted by Crippen LogP contribution is -2.28. The Balaban J connectivity index is 1.86. The first-order valence-electron chi connectivity index (χ1n) is 7.76. The molecule has 5 heteroatoms. The summed E-state index contributed by atoms with van der Waals surface area (Å²) in [4.78, 5) is 12.1. The van der Waals surface area contributed by atoms with Crippen LogP contribution in [0.15, 0.2) is 42.5 Å². The average Bonchev–Trinajstić information content (AvgIpc) is 2.55. The molecular weight excluding hydrogens is 342 g/mol. The average molecular weight is 364 g/mol. The van der Waals surface area contributed by atoms with Gasteiger partial charge in [-0.05, 0) is 31.5 Å². The number of hydrogen-bond acceptors (Lipinski definition) is 3. The fraction of sp³-hybridized carbons (Fsp3) is 0.316. The fourth-order valence-corrected chi connectivity index (χ4v) is 3.58. The molecule has 0 spiro atoms. The number of aryl methyl sites for hydroxylation is 1. The van der Waals surface area contributed by atoms with Gasteiger partial charge in [0.2, 0.25) is 5.91 Å². The van der Waals surface area contributed by atoms with Gasteiger partial charge in [0.1, 0.15) is 5.75 Å². The molecule has 24 heavy (non-hydrogen) atoms. The maximum atomic E-state index is 12.1. The minimum Gasteiger partial charge on any atom is -0.496 e. The molecule has 0 radical (unpaired) electrons. The molecule has 1 amide bonds. The zero-order valence-corrected chi connectivity index (χ0v) is 15.7. The van der Waals surface area contributed by atoms with Gasteiger partial charge in [-0.2, -0.15) is 0 Å². The molecule has 0 aliphatic rings. The van der Waals surface area contributed by atoms with Crippen LogP contribution in [0.2, 0.25) is 5.02 Å². The van der Waals surface area contributed by atoms with Crippen LogP contribution in [0, 0.1) is 6.92 Å². The van der Waals surface area contributed by atoms with E-state index in [0.717, 1.165) is 22.6 Å². The Morgan fingerprint density at radius 3 is 2.75 bits per heavy atom. The third-order valence-electron chi connectivity index (χ3n) is 3.68. The highest BCUT2D eigenvalue weighted by atomic mass is 35.5. The summed E-state index contributed by atoms with van der Waals surface area (Å²) in [6.07, 6.45) is 0. The third-order valence-corrected chi connectivity index (χ3v) is 5.00. The van der Waals surface area contributed by atoms with Crippen LogP contribution in [0.5, 0.6) is 5.75 Å².